The van der Waals surface area contributed by atoms with Crippen LogP contribution in [0.3, 0.4) is 0 Å². The quantitative estimate of drug-likeness (QED) is 0.817. The lowest BCUT2D eigenvalue weighted by atomic mass is 9.74. The fourth-order valence-electron chi connectivity index (χ4n) is 5.23. The van der Waals surface area contributed by atoms with Crippen LogP contribution in [0.25, 0.3) is 0 Å². The van der Waals surface area contributed by atoms with Crippen molar-refractivity contribution in [2.24, 2.45) is 23.5 Å². The first kappa shape index (κ1) is 19.9. The Labute approximate surface area is 166 Å². The van der Waals surface area contributed by atoms with Crippen molar-refractivity contribution in [2.45, 2.75) is 43.6 Å². The highest BCUT2D eigenvalue weighted by Crippen LogP contribution is 2.47. The van der Waals surface area contributed by atoms with Crippen LogP contribution in [-0.4, -0.2) is 31.7 Å². The number of fused-ring (bicyclic) bond motifs is 2. The second-order valence-electron chi connectivity index (χ2n) is 8.05. The summed E-state index contributed by atoms with van der Waals surface area (Å²) in [6.45, 7) is 2.11. The van der Waals surface area contributed by atoms with Gasteiger partial charge in [0.1, 0.15) is 0 Å². The Kier molecular flexibility index (Phi) is 6.18. The van der Waals surface area contributed by atoms with Gasteiger partial charge < -0.3 is 15.8 Å². The number of halogens is 2. The molecule has 1 aliphatic heterocycles. The van der Waals surface area contributed by atoms with E-state index >= 15 is 0 Å². The molecule has 2 saturated carbocycles. The molecule has 2 bridgehead atoms. The fraction of sp³-hybridized carbons (Fsp3) is 0.650. The van der Waals surface area contributed by atoms with Gasteiger partial charge >= 0.3 is 0 Å². The molecule has 2 aliphatic carbocycles. The zero-order valence-corrected chi connectivity index (χ0v) is 16.5. The van der Waals surface area contributed by atoms with Gasteiger partial charge in [-0.05, 0) is 61.6 Å². The van der Waals surface area contributed by atoms with Gasteiger partial charge in [-0.1, -0.05) is 23.7 Å². The molecule has 1 heterocycles. The van der Waals surface area contributed by atoms with E-state index in [1.165, 1.54) is 12.0 Å². The number of amides is 1. The molecule has 3 N–H and O–H groups in total. The molecule has 1 aromatic carbocycles. The topological polar surface area (TPSA) is 64.4 Å². The number of hydrogen-bond acceptors (Lipinski definition) is 3. The molecule has 1 amide bonds. The monoisotopic (exact) mass is 398 g/mol. The van der Waals surface area contributed by atoms with Crippen LogP contribution < -0.4 is 11.1 Å². The minimum atomic E-state index is -0.0692. The summed E-state index contributed by atoms with van der Waals surface area (Å²) in [6, 6.07) is 8.08. The van der Waals surface area contributed by atoms with E-state index in [9.17, 15) is 4.79 Å². The fourth-order valence-corrected chi connectivity index (χ4v) is 5.36. The Hall–Kier alpha value is -0.810. The molecule has 4 rings (SSSR count). The van der Waals surface area contributed by atoms with Crippen LogP contribution in [0.4, 0.5) is 0 Å². The minimum Gasteiger partial charge on any atom is -0.381 e. The molecule has 0 radical (unpaired) electrons. The van der Waals surface area contributed by atoms with Crippen LogP contribution in [-0.2, 0) is 14.9 Å². The Morgan fingerprint density at radius 3 is 2.46 bits per heavy atom. The molecule has 1 aromatic rings. The molecule has 4 nitrogen and oxygen atoms in total. The summed E-state index contributed by atoms with van der Waals surface area (Å²) in [6.07, 6.45) is 5.32. The maximum absolute atomic E-state index is 12.9. The van der Waals surface area contributed by atoms with Gasteiger partial charge in [0.15, 0.2) is 0 Å². The number of hydrogen-bond donors (Lipinski definition) is 2. The van der Waals surface area contributed by atoms with Crippen LogP contribution in [0.5, 0.6) is 0 Å². The molecule has 0 aromatic heterocycles. The van der Waals surface area contributed by atoms with E-state index in [2.05, 4.69) is 17.4 Å². The van der Waals surface area contributed by atoms with Crippen molar-refractivity contribution in [3.63, 3.8) is 0 Å². The van der Waals surface area contributed by atoms with E-state index < -0.39 is 0 Å². The molecular weight excluding hydrogens is 371 g/mol. The average Bonchev–Trinajstić information content (AvgIpc) is 3.22. The first-order valence-electron chi connectivity index (χ1n) is 9.46. The van der Waals surface area contributed by atoms with E-state index in [1.54, 1.807) is 0 Å². The highest BCUT2D eigenvalue weighted by molar-refractivity contribution is 6.30. The first-order chi connectivity index (χ1) is 12.1. The van der Waals surface area contributed by atoms with Crippen molar-refractivity contribution in [1.82, 2.24) is 5.32 Å². The van der Waals surface area contributed by atoms with Crippen molar-refractivity contribution < 1.29 is 9.53 Å². The van der Waals surface area contributed by atoms with Gasteiger partial charge in [-0.3, -0.25) is 4.79 Å². The Bertz CT molecular complexity index is 629. The summed E-state index contributed by atoms with van der Waals surface area (Å²) < 4.78 is 5.58. The zero-order valence-electron chi connectivity index (χ0n) is 15.0. The first-order valence-corrected chi connectivity index (χ1v) is 9.84. The molecule has 26 heavy (non-hydrogen) atoms. The van der Waals surface area contributed by atoms with Crippen molar-refractivity contribution in [3.05, 3.63) is 34.9 Å². The summed E-state index contributed by atoms with van der Waals surface area (Å²) in [7, 11) is 0. The van der Waals surface area contributed by atoms with E-state index in [1.807, 2.05) is 12.1 Å². The number of nitrogens with two attached hydrogens (primary N) is 1. The van der Waals surface area contributed by atoms with Crippen molar-refractivity contribution in [2.75, 3.05) is 19.8 Å². The van der Waals surface area contributed by atoms with Crippen LogP contribution >= 0.6 is 24.0 Å². The molecule has 0 spiro atoms. The third kappa shape index (κ3) is 3.62. The molecule has 3 fully saturated rings. The molecule has 3 aliphatic rings. The van der Waals surface area contributed by atoms with Gasteiger partial charge in [0.25, 0.3) is 0 Å². The zero-order chi connectivity index (χ0) is 17.4. The highest BCUT2D eigenvalue weighted by atomic mass is 35.5. The number of rotatable bonds is 4. The lowest BCUT2D eigenvalue weighted by molar-refractivity contribution is -0.127. The van der Waals surface area contributed by atoms with Crippen LogP contribution in [0, 0.1) is 17.8 Å². The van der Waals surface area contributed by atoms with Crippen molar-refractivity contribution >= 4 is 29.9 Å². The molecular formula is C20H28Cl2N2O2. The normalized spacial score (nSPS) is 32.1. The molecule has 6 heteroatoms. The van der Waals surface area contributed by atoms with Gasteiger partial charge in [0, 0.05) is 36.2 Å². The van der Waals surface area contributed by atoms with Gasteiger partial charge in [-0.25, -0.2) is 0 Å². The predicted molar refractivity (Wildman–Crippen MR) is 106 cm³/mol. The SMILES string of the molecule is Cl.NC1C2CCC(C2)C1C(=O)NCC1(c2ccc(Cl)cc2)CCOCC1. The number of benzene rings is 1. The van der Waals surface area contributed by atoms with Crippen molar-refractivity contribution in [3.8, 4) is 0 Å². The molecule has 1 saturated heterocycles. The Morgan fingerprint density at radius 2 is 1.85 bits per heavy atom. The third-order valence-electron chi connectivity index (χ3n) is 6.79. The third-order valence-corrected chi connectivity index (χ3v) is 7.04. The van der Waals surface area contributed by atoms with Crippen molar-refractivity contribution in [1.29, 1.82) is 0 Å². The number of nitrogens with one attached hydrogen (secondary N) is 1. The van der Waals surface area contributed by atoms with E-state index in [-0.39, 0.29) is 35.7 Å². The summed E-state index contributed by atoms with van der Waals surface area (Å²) in [5.74, 6) is 1.19. The van der Waals surface area contributed by atoms with Gasteiger partial charge in [-0.15, -0.1) is 12.4 Å². The van der Waals surface area contributed by atoms with Gasteiger partial charge in [0.2, 0.25) is 5.91 Å². The van der Waals surface area contributed by atoms with E-state index in [0.717, 1.165) is 43.9 Å². The van der Waals surface area contributed by atoms with Crippen LogP contribution in [0.2, 0.25) is 5.02 Å². The van der Waals surface area contributed by atoms with Gasteiger partial charge in [-0.2, -0.15) is 0 Å². The largest absolute Gasteiger partial charge is 0.381 e. The van der Waals surface area contributed by atoms with E-state index in [0.29, 0.717) is 18.4 Å². The van der Waals surface area contributed by atoms with Crippen LogP contribution in [0.1, 0.15) is 37.7 Å². The lowest BCUT2D eigenvalue weighted by Crippen LogP contribution is -2.50. The molecule has 144 valence electrons. The maximum Gasteiger partial charge on any atom is 0.224 e. The maximum atomic E-state index is 12.9. The number of carbonyl (C=O) groups is 1. The number of ether oxygens (including phenoxy) is 1. The second-order valence-corrected chi connectivity index (χ2v) is 8.49. The molecule has 4 unspecified atom stereocenters. The predicted octanol–water partition coefficient (Wildman–Crippen LogP) is 3.30. The Morgan fingerprint density at radius 1 is 1.19 bits per heavy atom. The standard InChI is InChI=1S/C20H27ClN2O2.ClH/c21-16-5-3-15(4-6-16)20(7-9-25-10-8-20)12-23-19(24)17-13-1-2-14(11-13)18(17)22;/h3-6,13-14,17-18H,1-2,7-12,22H2,(H,23,24);1H. The van der Waals surface area contributed by atoms with Crippen LogP contribution in [0.15, 0.2) is 24.3 Å². The second kappa shape index (κ2) is 8.05. The summed E-state index contributed by atoms with van der Waals surface area (Å²) in [4.78, 5) is 12.9. The van der Waals surface area contributed by atoms with E-state index in [4.69, 9.17) is 22.1 Å². The number of carbonyl (C=O) groups excluding carboxylic acids is 1. The smallest absolute Gasteiger partial charge is 0.224 e. The Balaban J connectivity index is 0.00000196. The van der Waals surface area contributed by atoms with Gasteiger partial charge in [0.05, 0.1) is 5.92 Å². The average molecular weight is 399 g/mol. The highest BCUT2D eigenvalue weighted by Gasteiger charge is 2.49. The summed E-state index contributed by atoms with van der Waals surface area (Å²) in [5, 5.41) is 3.99. The summed E-state index contributed by atoms with van der Waals surface area (Å²) in [5.41, 5.74) is 7.50. The lowest BCUT2D eigenvalue weighted by Gasteiger charge is -2.38. The summed E-state index contributed by atoms with van der Waals surface area (Å²) >= 11 is 6.05. The molecule has 4 atom stereocenters. The minimum absolute atomic E-state index is 0.